The lowest BCUT2D eigenvalue weighted by atomic mass is 10.3. The van der Waals surface area contributed by atoms with Crippen molar-refractivity contribution >= 4 is 77.7 Å². The molecule has 0 N–H and O–H groups in total. The van der Waals surface area contributed by atoms with Gasteiger partial charge in [0.15, 0.2) is 9.66 Å². The van der Waals surface area contributed by atoms with Gasteiger partial charge in [0.2, 0.25) is 0 Å². The van der Waals surface area contributed by atoms with Crippen LogP contribution >= 0.6 is 68.0 Å². The van der Waals surface area contributed by atoms with Crippen LogP contribution in [0.5, 0.6) is 0 Å². The molecule has 6 rings (SSSR count). The molecule has 0 aliphatic heterocycles. The van der Waals surface area contributed by atoms with Crippen LogP contribution in [-0.2, 0) is 12.4 Å². The summed E-state index contributed by atoms with van der Waals surface area (Å²) in [5, 5.41) is 1.48. The van der Waals surface area contributed by atoms with Crippen LogP contribution in [0.25, 0.3) is 48.9 Å². The number of rotatable bonds is 4. The smallest absolute Gasteiger partial charge is 0.222 e. The first-order valence-corrected chi connectivity index (χ1v) is 14.8. The summed E-state index contributed by atoms with van der Waals surface area (Å²) < 4.78 is 77.5. The summed E-state index contributed by atoms with van der Waals surface area (Å²) in [4.78, 5) is 13.8. The van der Waals surface area contributed by atoms with Gasteiger partial charge in [0.25, 0.3) is 0 Å². The fourth-order valence-corrected chi connectivity index (χ4v) is 9.36. The predicted molar refractivity (Wildman–Crippen MR) is 139 cm³/mol. The van der Waals surface area contributed by atoms with E-state index in [0.29, 0.717) is 32.4 Å². The van der Waals surface area contributed by atoms with Crippen LogP contribution in [0, 0.1) is 0 Å². The van der Waals surface area contributed by atoms with Gasteiger partial charge in [0.05, 0.1) is 9.75 Å². The van der Waals surface area contributed by atoms with Crippen molar-refractivity contribution in [1.82, 2.24) is 9.97 Å². The molecule has 0 aromatic carbocycles. The van der Waals surface area contributed by atoms with E-state index in [2.05, 4.69) is 9.97 Å². The first-order chi connectivity index (χ1) is 17.0. The maximum Gasteiger partial charge on any atom is 0.425 e. The van der Waals surface area contributed by atoms with Gasteiger partial charge < -0.3 is 0 Å². The third-order valence-corrected chi connectivity index (χ3v) is 12.1. The van der Waals surface area contributed by atoms with Gasteiger partial charge in [0.1, 0.15) is 19.8 Å². The lowest BCUT2D eigenvalue weighted by Gasteiger charge is -2.00. The summed E-state index contributed by atoms with van der Waals surface area (Å²) in [6, 6.07) is 12.4. The van der Waals surface area contributed by atoms with Crippen LogP contribution in [-0.4, -0.2) is 9.97 Å². The average molecular weight is 607 g/mol. The third-order valence-electron chi connectivity index (χ3n) is 4.87. The van der Waals surface area contributed by atoms with Crippen LogP contribution in [0.3, 0.4) is 0 Å². The highest BCUT2D eigenvalue weighted by Crippen LogP contribution is 2.46. The topological polar surface area (TPSA) is 25.8 Å². The summed E-state index contributed by atoms with van der Waals surface area (Å²) in [7, 11) is 0. The normalized spacial score (nSPS) is 12.7. The van der Waals surface area contributed by atoms with Crippen LogP contribution in [0.15, 0.2) is 48.5 Å². The number of hydrogen-bond acceptors (Lipinski definition) is 8. The molecule has 0 atom stereocenters. The van der Waals surface area contributed by atoms with E-state index in [1.54, 1.807) is 12.1 Å². The molecule has 6 heterocycles. The fourth-order valence-electron chi connectivity index (χ4n) is 3.27. The predicted octanol–water partition coefficient (Wildman–Crippen LogP) is 10.7. The zero-order valence-electron chi connectivity index (χ0n) is 17.2. The second kappa shape index (κ2) is 8.74. The SMILES string of the molecule is FC(F)(F)c1ccc(-c2ccc(-c3nc4sc(-c5ccc(-c6ccc(C(F)(F)F)s6)s5)nc4s3)s2)s1. The molecular weight excluding hydrogens is 599 g/mol. The van der Waals surface area contributed by atoms with Crippen molar-refractivity contribution < 1.29 is 26.3 Å². The number of halogens is 6. The lowest BCUT2D eigenvalue weighted by molar-refractivity contribution is -0.135. The third kappa shape index (κ3) is 4.54. The minimum atomic E-state index is -4.36. The van der Waals surface area contributed by atoms with E-state index in [4.69, 9.17) is 0 Å². The molecule has 2 nitrogen and oxygen atoms in total. The monoisotopic (exact) mass is 606 g/mol. The Hall–Kier alpha value is -2.10. The summed E-state index contributed by atoms with van der Waals surface area (Å²) in [5.41, 5.74) is 0. The van der Waals surface area contributed by atoms with E-state index >= 15 is 0 Å². The van der Waals surface area contributed by atoms with Gasteiger partial charge in [-0.1, -0.05) is 22.7 Å². The first-order valence-electron chi connectivity index (χ1n) is 9.87. The molecule has 0 amide bonds. The Labute approximate surface area is 222 Å². The quantitative estimate of drug-likeness (QED) is 0.187. The van der Waals surface area contributed by atoms with E-state index in [9.17, 15) is 26.3 Å². The standard InChI is InChI=1S/C22H8F6N2S6/c23-21(24,25)15-7-5-11(33-15)9-1-3-13(31-9)17-29-19-20(35-17)30-18(36-19)14-4-2-10(32-14)12-6-8-16(34-12)22(26,27)28/h1-8H. The van der Waals surface area contributed by atoms with Crippen molar-refractivity contribution in [3.05, 3.63) is 58.3 Å². The molecular formula is C22H8F6N2S6. The number of hydrogen-bond donors (Lipinski definition) is 0. The van der Waals surface area contributed by atoms with E-state index in [1.165, 1.54) is 57.5 Å². The zero-order valence-corrected chi connectivity index (χ0v) is 22.1. The number of alkyl halides is 6. The minimum absolute atomic E-state index is 0.555. The highest BCUT2D eigenvalue weighted by Gasteiger charge is 2.33. The number of thiophene rings is 4. The Kier molecular flexibility index (Phi) is 5.89. The molecule has 0 unspecified atom stereocenters. The molecule has 14 heteroatoms. The van der Waals surface area contributed by atoms with E-state index in [0.717, 1.165) is 51.3 Å². The van der Waals surface area contributed by atoms with Crippen molar-refractivity contribution in [2.24, 2.45) is 0 Å². The lowest BCUT2D eigenvalue weighted by Crippen LogP contribution is -2.00. The highest BCUT2D eigenvalue weighted by atomic mass is 32.1. The molecule has 0 bridgehead atoms. The number of fused-ring (bicyclic) bond motifs is 1. The number of nitrogens with zero attached hydrogens (tertiary/aromatic N) is 2. The van der Waals surface area contributed by atoms with Crippen LogP contribution in [0.2, 0.25) is 0 Å². The molecule has 0 fully saturated rings. The van der Waals surface area contributed by atoms with E-state index in [-0.39, 0.29) is 0 Å². The molecule has 36 heavy (non-hydrogen) atoms. The Morgan fingerprint density at radius 2 is 0.750 bits per heavy atom. The van der Waals surface area contributed by atoms with Gasteiger partial charge in [-0.3, -0.25) is 0 Å². The molecule has 6 aromatic heterocycles. The Balaban J connectivity index is 1.24. The van der Waals surface area contributed by atoms with E-state index < -0.39 is 22.1 Å². The molecule has 0 spiro atoms. The van der Waals surface area contributed by atoms with Crippen molar-refractivity contribution in [3.8, 4) is 39.3 Å². The fraction of sp³-hybridized carbons (Fsp3) is 0.0909. The van der Waals surface area contributed by atoms with Gasteiger partial charge in [-0.25, -0.2) is 9.97 Å². The molecule has 0 radical (unpaired) electrons. The van der Waals surface area contributed by atoms with Crippen LogP contribution in [0.4, 0.5) is 26.3 Å². The maximum absolute atomic E-state index is 12.9. The van der Waals surface area contributed by atoms with Crippen molar-refractivity contribution in [2.75, 3.05) is 0 Å². The number of aromatic nitrogens is 2. The van der Waals surface area contributed by atoms with Gasteiger partial charge in [-0.05, 0) is 48.5 Å². The summed E-state index contributed by atoms with van der Waals surface area (Å²) in [6.45, 7) is 0. The second-order valence-corrected chi connectivity index (χ2v) is 13.6. The average Bonchev–Trinajstić information content (AvgIpc) is 3.60. The molecule has 0 saturated carbocycles. The van der Waals surface area contributed by atoms with Crippen molar-refractivity contribution in [1.29, 1.82) is 0 Å². The summed E-state index contributed by atoms with van der Waals surface area (Å²) >= 11 is 6.98. The minimum Gasteiger partial charge on any atom is -0.222 e. The van der Waals surface area contributed by atoms with Crippen LogP contribution in [0.1, 0.15) is 9.75 Å². The zero-order chi connectivity index (χ0) is 25.2. The van der Waals surface area contributed by atoms with Crippen LogP contribution < -0.4 is 0 Å². The Bertz CT molecular complexity index is 1540. The molecule has 6 aromatic rings. The molecule has 184 valence electrons. The van der Waals surface area contributed by atoms with Crippen molar-refractivity contribution in [3.63, 3.8) is 0 Å². The van der Waals surface area contributed by atoms with E-state index in [1.807, 2.05) is 12.1 Å². The van der Waals surface area contributed by atoms with Crippen molar-refractivity contribution in [2.45, 2.75) is 12.4 Å². The van der Waals surface area contributed by atoms with Gasteiger partial charge in [-0.15, -0.1) is 45.3 Å². The van der Waals surface area contributed by atoms with Gasteiger partial charge in [0, 0.05) is 19.5 Å². The largest absolute Gasteiger partial charge is 0.425 e. The molecule has 0 aliphatic carbocycles. The Morgan fingerprint density at radius 1 is 0.417 bits per heavy atom. The highest BCUT2D eigenvalue weighted by molar-refractivity contribution is 7.33. The van der Waals surface area contributed by atoms with Gasteiger partial charge >= 0.3 is 12.4 Å². The van der Waals surface area contributed by atoms with Gasteiger partial charge in [-0.2, -0.15) is 26.3 Å². The summed E-state index contributed by atoms with van der Waals surface area (Å²) in [6.07, 6.45) is -8.71. The Morgan fingerprint density at radius 3 is 1.11 bits per heavy atom. The second-order valence-electron chi connectivity index (χ2n) is 7.30. The maximum atomic E-state index is 12.9. The molecule has 0 aliphatic rings. The number of thiazole rings is 2. The summed E-state index contributed by atoms with van der Waals surface area (Å²) in [5.74, 6) is 0. The molecule has 0 saturated heterocycles. The first kappa shape index (κ1) is 24.2.